The predicted molar refractivity (Wildman–Crippen MR) is 102 cm³/mol. The number of rotatable bonds is 5. The van der Waals surface area contributed by atoms with Crippen LogP contribution in [0.5, 0.6) is 0 Å². The molecule has 2 amide bonds. The van der Waals surface area contributed by atoms with Gasteiger partial charge in [0.05, 0.1) is 6.10 Å². The van der Waals surface area contributed by atoms with E-state index < -0.39 is 0 Å². The van der Waals surface area contributed by atoms with Crippen LogP contribution in [0.1, 0.15) is 39.1 Å². The number of benzene rings is 2. The van der Waals surface area contributed by atoms with E-state index in [4.69, 9.17) is 16.3 Å². The Morgan fingerprint density at radius 3 is 2.42 bits per heavy atom. The summed E-state index contributed by atoms with van der Waals surface area (Å²) in [5.41, 5.74) is 2.56. The molecule has 2 aromatic rings. The van der Waals surface area contributed by atoms with Crippen molar-refractivity contribution in [2.75, 3.05) is 18.5 Å². The maximum Gasteiger partial charge on any atom is 0.255 e. The van der Waals surface area contributed by atoms with Gasteiger partial charge in [-0.1, -0.05) is 17.7 Å². The largest absolute Gasteiger partial charge is 0.376 e. The molecule has 1 saturated heterocycles. The molecular formula is C20H21ClN2O3. The van der Waals surface area contributed by atoms with Crippen molar-refractivity contribution in [3.05, 3.63) is 64.2 Å². The van der Waals surface area contributed by atoms with Crippen molar-refractivity contribution in [3.8, 4) is 0 Å². The minimum absolute atomic E-state index is 0.102. The second-order valence-electron chi connectivity index (χ2n) is 6.34. The van der Waals surface area contributed by atoms with Gasteiger partial charge >= 0.3 is 0 Å². The number of aryl methyl sites for hydroxylation is 1. The van der Waals surface area contributed by atoms with Gasteiger partial charge in [-0.3, -0.25) is 9.59 Å². The molecule has 0 spiro atoms. The summed E-state index contributed by atoms with van der Waals surface area (Å²) < 4.78 is 5.49. The van der Waals surface area contributed by atoms with E-state index in [2.05, 4.69) is 10.6 Å². The highest BCUT2D eigenvalue weighted by atomic mass is 35.5. The maximum absolute atomic E-state index is 12.3. The van der Waals surface area contributed by atoms with E-state index in [0.717, 1.165) is 25.0 Å². The number of amides is 2. The Labute approximate surface area is 157 Å². The molecule has 1 unspecified atom stereocenters. The molecule has 5 nitrogen and oxygen atoms in total. The van der Waals surface area contributed by atoms with Crippen LogP contribution in [0.2, 0.25) is 5.02 Å². The first kappa shape index (κ1) is 18.4. The summed E-state index contributed by atoms with van der Waals surface area (Å²) in [6.07, 6.45) is 2.12. The first-order valence-electron chi connectivity index (χ1n) is 8.60. The van der Waals surface area contributed by atoms with Gasteiger partial charge in [-0.15, -0.1) is 0 Å². The van der Waals surface area contributed by atoms with Gasteiger partial charge in [0.1, 0.15) is 0 Å². The average molecular weight is 373 g/mol. The molecule has 1 heterocycles. The Bertz CT molecular complexity index is 799. The molecule has 1 fully saturated rings. The first-order valence-corrected chi connectivity index (χ1v) is 8.98. The van der Waals surface area contributed by atoms with Crippen LogP contribution in [0.3, 0.4) is 0 Å². The number of carbonyl (C=O) groups is 2. The lowest BCUT2D eigenvalue weighted by molar-refractivity contribution is 0.0857. The van der Waals surface area contributed by atoms with Crippen LogP contribution in [-0.4, -0.2) is 31.1 Å². The SMILES string of the molecule is Cc1ccc(NC(=O)c2ccc(C(=O)NCC3CCCO3)cc2)cc1Cl. The lowest BCUT2D eigenvalue weighted by Gasteiger charge is -2.11. The highest BCUT2D eigenvalue weighted by Crippen LogP contribution is 2.20. The number of ether oxygens (including phenoxy) is 1. The van der Waals surface area contributed by atoms with Gasteiger partial charge < -0.3 is 15.4 Å². The third-order valence-corrected chi connectivity index (χ3v) is 4.76. The quantitative estimate of drug-likeness (QED) is 0.838. The van der Waals surface area contributed by atoms with Gasteiger partial charge in [0.2, 0.25) is 0 Å². The zero-order valence-corrected chi connectivity index (χ0v) is 15.3. The predicted octanol–water partition coefficient (Wildman–Crippen LogP) is 3.81. The van der Waals surface area contributed by atoms with Crippen molar-refractivity contribution in [3.63, 3.8) is 0 Å². The van der Waals surface area contributed by atoms with Crippen molar-refractivity contribution >= 4 is 29.1 Å². The van der Waals surface area contributed by atoms with E-state index in [0.29, 0.717) is 28.4 Å². The summed E-state index contributed by atoms with van der Waals surface area (Å²) >= 11 is 6.07. The minimum atomic E-state index is -0.253. The van der Waals surface area contributed by atoms with Gasteiger partial charge in [0.25, 0.3) is 11.8 Å². The van der Waals surface area contributed by atoms with Gasteiger partial charge in [0.15, 0.2) is 0 Å². The van der Waals surface area contributed by atoms with Crippen LogP contribution in [0.4, 0.5) is 5.69 Å². The van der Waals surface area contributed by atoms with Crippen LogP contribution in [0, 0.1) is 6.92 Å². The summed E-state index contributed by atoms with van der Waals surface area (Å²) in [5, 5.41) is 6.26. The molecule has 0 bridgehead atoms. The summed E-state index contributed by atoms with van der Waals surface area (Å²) in [4.78, 5) is 24.5. The Kier molecular flexibility index (Phi) is 5.91. The van der Waals surface area contributed by atoms with Crippen molar-refractivity contribution in [1.29, 1.82) is 0 Å². The standard InChI is InChI=1S/C20H21ClN2O3/c1-13-4-9-16(11-18(13)21)23-20(25)15-7-5-14(6-8-15)19(24)22-12-17-3-2-10-26-17/h4-9,11,17H,2-3,10,12H2,1H3,(H,22,24)(H,23,25). The molecule has 1 aliphatic heterocycles. The molecule has 0 aromatic heterocycles. The fourth-order valence-corrected chi connectivity index (χ4v) is 2.94. The highest BCUT2D eigenvalue weighted by molar-refractivity contribution is 6.31. The fourth-order valence-electron chi connectivity index (χ4n) is 2.76. The lowest BCUT2D eigenvalue weighted by atomic mass is 10.1. The zero-order valence-electron chi connectivity index (χ0n) is 14.5. The van der Waals surface area contributed by atoms with E-state index in [1.165, 1.54) is 0 Å². The normalized spacial score (nSPS) is 16.3. The molecular weight excluding hydrogens is 352 g/mol. The zero-order chi connectivity index (χ0) is 18.5. The number of hydrogen-bond acceptors (Lipinski definition) is 3. The first-order chi connectivity index (χ1) is 12.5. The van der Waals surface area contributed by atoms with E-state index >= 15 is 0 Å². The summed E-state index contributed by atoms with van der Waals surface area (Å²) in [7, 11) is 0. The Morgan fingerprint density at radius 2 is 1.81 bits per heavy atom. The van der Waals surface area contributed by atoms with Crippen LogP contribution in [-0.2, 0) is 4.74 Å². The molecule has 1 atom stereocenters. The van der Waals surface area contributed by atoms with Crippen molar-refractivity contribution in [2.45, 2.75) is 25.9 Å². The topological polar surface area (TPSA) is 67.4 Å². The molecule has 0 aliphatic carbocycles. The summed E-state index contributed by atoms with van der Waals surface area (Å²) in [6.45, 7) is 3.17. The molecule has 0 radical (unpaired) electrons. The van der Waals surface area contributed by atoms with Crippen LogP contribution in [0.15, 0.2) is 42.5 Å². The maximum atomic E-state index is 12.3. The summed E-state index contributed by atoms with van der Waals surface area (Å²) in [6, 6.07) is 11.9. The van der Waals surface area contributed by atoms with Crippen molar-refractivity contribution in [1.82, 2.24) is 5.32 Å². The second-order valence-corrected chi connectivity index (χ2v) is 6.75. The van der Waals surface area contributed by atoms with Crippen LogP contribution < -0.4 is 10.6 Å². The van der Waals surface area contributed by atoms with Crippen molar-refractivity contribution < 1.29 is 14.3 Å². The van der Waals surface area contributed by atoms with E-state index in [1.807, 2.05) is 13.0 Å². The molecule has 1 aliphatic rings. The van der Waals surface area contributed by atoms with Crippen LogP contribution >= 0.6 is 11.6 Å². The van der Waals surface area contributed by atoms with Gasteiger partial charge in [-0.05, 0) is 61.7 Å². The minimum Gasteiger partial charge on any atom is -0.376 e. The van der Waals surface area contributed by atoms with E-state index in [-0.39, 0.29) is 17.9 Å². The van der Waals surface area contributed by atoms with Crippen LogP contribution in [0.25, 0.3) is 0 Å². The third-order valence-electron chi connectivity index (χ3n) is 4.35. The van der Waals surface area contributed by atoms with Gasteiger partial charge in [0, 0.05) is 35.0 Å². The number of anilines is 1. The molecule has 2 aromatic carbocycles. The van der Waals surface area contributed by atoms with E-state index in [1.54, 1.807) is 36.4 Å². The van der Waals surface area contributed by atoms with E-state index in [9.17, 15) is 9.59 Å². The third kappa shape index (κ3) is 4.62. The second kappa shape index (κ2) is 8.34. The number of halogens is 1. The molecule has 136 valence electrons. The Hall–Kier alpha value is -2.37. The smallest absolute Gasteiger partial charge is 0.255 e. The molecule has 6 heteroatoms. The molecule has 3 rings (SSSR count). The lowest BCUT2D eigenvalue weighted by Crippen LogP contribution is -2.31. The molecule has 26 heavy (non-hydrogen) atoms. The van der Waals surface area contributed by atoms with Gasteiger partial charge in [-0.25, -0.2) is 0 Å². The highest BCUT2D eigenvalue weighted by Gasteiger charge is 2.17. The number of carbonyl (C=O) groups excluding carboxylic acids is 2. The Balaban J connectivity index is 1.58. The summed E-state index contributed by atoms with van der Waals surface area (Å²) in [5.74, 6) is -0.422. The monoisotopic (exact) mass is 372 g/mol. The van der Waals surface area contributed by atoms with Gasteiger partial charge in [-0.2, -0.15) is 0 Å². The molecule has 2 N–H and O–H groups in total. The average Bonchev–Trinajstić information content (AvgIpc) is 3.16. The Morgan fingerprint density at radius 1 is 1.12 bits per heavy atom. The number of nitrogens with one attached hydrogen (secondary N) is 2. The fraction of sp³-hybridized carbons (Fsp3) is 0.300. The molecule has 0 saturated carbocycles. The number of hydrogen-bond donors (Lipinski definition) is 2. The van der Waals surface area contributed by atoms with Crippen molar-refractivity contribution in [2.24, 2.45) is 0 Å².